The van der Waals surface area contributed by atoms with E-state index >= 15 is 0 Å². The second-order valence-corrected chi connectivity index (χ2v) is 10.6. The molecule has 1 aliphatic heterocycles. The number of rotatable bonds is 3. The third-order valence-electron chi connectivity index (χ3n) is 5.58. The second-order valence-electron chi connectivity index (χ2n) is 8.55. The van der Waals surface area contributed by atoms with Gasteiger partial charge >= 0.3 is 0 Å². The van der Waals surface area contributed by atoms with Gasteiger partial charge in [-0.25, -0.2) is 0 Å². The molecule has 1 aliphatic carbocycles. The number of carbonyl (C=O) groups excluding carboxylic acids is 1. The molecular weight excluding hydrogens is 434 g/mol. The number of benzene rings is 1. The summed E-state index contributed by atoms with van der Waals surface area (Å²) in [4.78, 5) is 21.9. The number of carbonyl (C=O) groups is 1. The van der Waals surface area contributed by atoms with Crippen LogP contribution in [0.4, 0.5) is 0 Å². The van der Waals surface area contributed by atoms with E-state index in [1.807, 2.05) is 6.07 Å². The number of fused-ring (bicyclic) bond motifs is 2. The number of aliphatic imine (C=N–C) groups is 1. The summed E-state index contributed by atoms with van der Waals surface area (Å²) in [6.07, 6.45) is 5.00. The first-order valence-corrected chi connectivity index (χ1v) is 11.3. The topological polar surface area (TPSA) is 68.3 Å². The number of hydrogen-bond donors (Lipinski definition) is 1. The largest absolute Gasteiger partial charge is 0.379 e. The molecule has 2 aliphatic rings. The molecule has 2 heterocycles. The lowest BCUT2D eigenvalue weighted by atomic mass is 9.64. The first-order chi connectivity index (χ1) is 13.3. The van der Waals surface area contributed by atoms with E-state index < -0.39 is 0 Å². The Hall–Kier alpha value is -1.66. The van der Waals surface area contributed by atoms with E-state index in [2.05, 4.69) is 53.0 Å². The lowest BCUT2D eigenvalue weighted by molar-refractivity contribution is 0.0988. The molecule has 146 valence electrons. The highest BCUT2D eigenvalue weighted by molar-refractivity contribution is 9.10. The predicted octanol–water partition coefficient (Wildman–Crippen LogP) is 4.89. The van der Waals surface area contributed by atoms with Gasteiger partial charge in [0.15, 0.2) is 11.0 Å². The molecule has 0 saturated carbocycles. The van der Waals surface area contributed by atoms with Crippen LogP contribution in [0.3, 0.4) is 0 Å². The summed E-state index contributed by atoms with van der Waals surface area (Å²) >= 11 is 4.99. The van der Waals surface area contributed by atoms with Gasteiger partial charge in [-0.2, -0.15) is 0 Å². The molecule has 1 aromatic carbocycles. The third-order valence-corrected chi connectivity index (χ3v) is 6.85. The van der Waals surface area contributed by atoms with Crippen LogP contribution >= 0.6 is 27.7 Å². The molecule has 0 bridgehead atoms. The Balaban J connectivity index is 1.69. The van der Waals surface area contributed by atoms with Crippen molar-refractivity contribution in [3.8, 4) is 0 Å². The van der Waals surface area contributed by atoms with E-state index in [9.17, 15) is 4.79 Å². The highest BCUT2D eigenvalue weighted by Gasteiger charge is 2.45. The van der Waals surface area contributed by atoms with E-state index in [-0.39, 0.29) is 16.7 Å². The zero-order chi connectivity index (χ0) is 19.9. The molecule has 0 fully saturated rings. The number of hydrogen-bond acceptors (Lipinski definition) is 5. The molecule has 4 nitrogen and oxygen atoms in total. The number of aromatic nitrogens is 1. The number of pyridine rings is 1. The Kier molecular flexibility index (Phi) is 5.12. The molecule has 2 N–H and O–H groups in total. The van der Waals surface area contributed by atoms with Gasteiger partial charge in [-0.1, -0.05) is 43.8 Å². The molecule has 6 heteroatoms. The Bertz CT molecular complexity index is 955. The summed E-state index contributed by atoms with van der Waals surface area (Å²) in [6.45, 7) is 4.61. The SMILES string of the molecule is CC1(C)Cc2ccc(CC(=O)c3ccc(Br)cn3)cc2C2(CCSC(N)=N2)C1. The van der Waals surface area contributed by atoms with Crippen LogP contribution in [-0.4, -0.2) is 21.7 Å². The fraction of sp³-hybridized carbons (Fsp3) is 0.409. The Morgan fingerprint density at radius 1 is 1.29 bits per heavy atom. The first kappa shape index (κ1) is 19.6. The van der Waals surface area contributed by atoms with Crippen molar-refractivity contribution in [3.63, 3.8) is 0 Å². The van der Waals surface area contributed by atoms with Crippen molar-refractivity contribution in [3.05, 3.63) is 63.4 Å². The van der Waals surface area contributed by atoms with Crippen molar-refractivity contribution in [2.24, 2.45) is 16.1 Å². The summed E-state index contributed by atoms with van der Waals surface area (Å²) < 4.78 is 0.869. The Morgan fingerprint density at radius 2 is 2.11 bits per heavy atom. The first-order valence-electron chi connectivity index (χ1n) is 9.52. The van der Waals surface area contributed by atoms with E-state index in [1.165, 1.54) is 11.1 Å². The van der Waals surface area contributed by atoms with Crippen molar-refractivity contribution >= 4 is 38.6 Å². The molecule has 2 aromatic rings. The maximum atomic E-state index is 12.7. The van der Waals surface area contributed by atoms with Gasteiger partial charge in [-0.05, 0) is 69.4 Å². The molecule has 4 rings (SSSR count). The maximum absolute atomic E-state index is 12.7. The maximum Gasteiger partial charge on any atom is 0.185 e. The molecular formula is C22H24BrN3OS. The minimum atomic E-state index is -0.263. The lowest BCUT2D eigenvalue weighted by Crippen LogP contribution is -2.41. The van der Waals surface area contributed by atoms with E-state index in [0.29, 0.717) is 17.3 Å². The monoisotopic (exact) mass is 457 g/mol. The van der Waals surface area contributed by atoms with Gasteiger partial charge in [-0.3, -0.25) is 14.8 Å². The van der Waals surface area contributed by atoms with Crippen LogP contribution in [0.15, 0.2) is 46.0 Å². The van der Waals surface area contributed by atoms with Crippen molar-refractivity contribution in [1.82, 2.24) is 4.98 Å². The van der Waals surface area contributed by atoms with Crippen LogP contribution in [0.25, 0.3) is 0 Å². The average molecular weight is 458 g/mol. The number of amidine groups is 1. The molecule has 1 spiro atoms. The van der Waals surface area contributed by atoms with E-state index in [1.54, 1.807) is 24.0 Å². The zero-order valence-corrected chi connectivity index (χ0v) is 18.6. The summed E-state index contributed by atoms with van der Waals surface area (Å²) in [7, 11) is 0. The average Bonchev–Trinajstić information content (AvgIpc) is 2.62. The molecule has 1 unspecified atom stereocenters. The summed E-state index contributed by atoms with van der Waals surface area (Å²) in [5.41, 5.74) is 10.1. The Morgan fingerprint density at radius 3 is 2.82 bits per heavy atom. The number of ketones is 1. The van der Waals surface area contributed by atoms with Gasteiger partial charge in [0, 0.05) is 22.8 Å². The van der Waals surface area contributed by atoms with Crippen molar-refractivity contribution in [2.45, 2.75) is 45.1 Å². The third kappa shape index (κ3) is 3.90. The summed E-state index contributed by atoms with van der Waals surface area (Å²) in [6, 6.07) is 10.1. The predicted molar refractivity (Wildman–Crippen MR) is 119 cm³/mol. The second kappa shape index (κ2) is 7.30. The highest BCUT2D eigenvalue weighted by Crippen LogP contribution is 2.50. The number of nitrogens with two attached hydrogens (primary N) is 1. The summed E-state index contributed by atoms with van der Waals surface area (Å²) in [5, 5.41) is 0.676. The van der Waals surface area contributed by atoms with Crippen molar-refractivity contribution in [1.29, 1.82) is 0 Å². The molecule has 0 radical (unpaired) electrons. The fourth-order valence-electron chi connectivity index (χ4n) is 4.55. The molecule has 1 aromatic heterocycles. The smallest absolute Gasteiger partial charge is 0.185 e. The van der Waals surface area contributed by atoms with Gasteiger partial charge < -0.3 is 5.73 Å². The van der Waals surface area contributed by atoms with Crippen molar-refractivity contribution < 1.29 is 4.79 Å². The van der Waals surface area contributed by atoms with Gasteiger partial charge in [0.2, 0.25) is 0 Å². The van der Waals surface area contributed by atoms with Gasteiger partial charge in [-0.15, -0.1) is 0 Å². The minimum absolute atomic E-state index is 0.0276. The molecule has 0 saturated heterocycles. The number of nitrogens with zero attached hydrogens (tertiary/aromatic N) is 2. The number of Topliss-reactive ketones (excluding diaryl/α,β-unsaturated/α-hetero) is 1. The van der Waals surface area contributed by atoms with E-state index in [0.717, 1.165) is 35.1 Å². The molecule has 28 heavy (non-hydrogen) atoms. The summed E-state index contributed by atoms with van der Waals surface area (Å²) in [5.74, 6) is 1.01. The Labute approximate surface area is 178 Å². The van der Waals surface area contributed by atoms with Crippen LogP contribution in [0.1, 0.15) is 53.9 Å². The van der Waals surface area contributed by atoms with Gasteiger partial charge in [0.05, 0.1) is 5.54 Å². The zero-order valence-electron chi connectivity index (χ0n) is 16.2. The quantitative estimate of drug-likeness (QED) is 0.666. The normalized spacial score (nSPS) is 23.2. The van der Waals surface area contributed by atoms with Crippen LogP contribution in [0.5, 0.6) is 0 Å². The lowest BCUT2D eigenvalue weighted by Gasteiger charge is -2.45. The number of halogens is 1. The standard InChI is InChI=1S/C22H24BrN3OS/c1-21(2)11-15-4-3-14(10-19(27)18-6-5-16(23)12-25-18)9-17(15)22(13-21)7-8-28-20(24)26-22/h3-6,9,12H,7-8,10-11,13H2,1-2H3,(H2,24,26). The van der Waals surface area contributed by atoms with Crippen LogP contribution in [-0.2, 0) is 18.4 Å². The van der Waals surface area contributed by atoms with Crippen LogP contribution in [0.2, 0.25) is 0 Å². The minimum Gasteiger partial charge on any atom is -0.379 e. The van der Waals surface area contributed by atoms with Gasteiger partial charge in [0.1, 0.15) is 5.69 Å². The van der Waals surface area contributed by atoms with Crippen molar-refractivity contribution in [2.75, 3.05) is 5.75 Å². The molecule has 0 amide bonds. The van der Waals surface area contributed by atoms with Crippen LogP contribution < -0.4 is 5.73 Å². The van der Waals surface area contributed by atoms with E-state index in [4.69, 9.17) is 10.7 Å². The molecule has 1 atom stereocenters. The van der Waals surface area contributed by atoms with Crippen LogP contribution in [0, 0.1) is 5.41 Å². The number of thioether (sulfide) groups is 1. The highest BCUT2D eigenvalue weighted by atomic mass is 79.9. The fourth-order valence-corrected chi connectivity index (χ4v) is 5.67. The van der Waals surface area contributed by atoms with Gasteiger partial charge in [0.25, 0.3) is 0 Å².